The van der Waals surface area contributed by atoms with E-state index in [1.54, 1.807) is 17.4 Å². The van der Waals surface area contributed by atoms with E-state index in [2.05, 4.69) is 5.32 Å². The first-order valence-electron chi connectivity index (χ1n) is 5.77. The third kappa shape index (κ3) is 2.74. The zero-order valence-electron chi connectivity index (χ0n) is 10.3. The SMILES string of the molecule is CNC(Cc1ccccc1F)c1scc(C)c1Cl. The number of hydrogen-bond donors (Lipinski definition) is 1. The molecule has 0 amide bonds. The van der Waals surface area contributed by atoms with Crippen molar-refractivity contribution in [2.75, 3.05) is 7.05 Å². The Hall–Kier alpha value is -0.900. The van der Waals surface area contributed by atoms with Crippen molar-refractivity contribution in [1.29, 1.82) is 0 Å². The summed E-state index contributed by atoms with van der Waals surface area (Å²) >= 11 is 7.88. The predicted octanol–water partition coefficient (Wildman–Crippen LogP) is 4.35. The quantitative estimate of drug-likeness (QED) is 0.879. The monoisotopic (exact) mass is 283 g/mol. The van der Waals surface area contributed by atoms with Crippen LogP contribution in [-0.4, -0.2) is 7.05 Å². The van der Waals surface area contributed by atoms with Gasteiger partial charge < -0.3 is 5.32 Å². The largest absolute Gasteiger partial charge is 0.312 e. The molecule has 0 spiro atoms. The average Bonchev–Trinajstić information content (AvgIpc) is 2.70. The number of hydrogen-bond acceptors (Lipinski definition) is 2. The summed E-state index contributed by atoms with van der Waals surface area (Å²) in [5, 5.41) is 6.03. The van der Waals surface area contributed by atoms with Crippen LogP contribution < -0.4 is 5.32 Å². The first kappa shape index (κ1) is 13.5. The van der Waals surface area contributed by atoms with Gasteiger partial charge in [0.05, 0.1) is 5.02 Å². The summed E-state index contributed by atoms with van der Waals surface area (Å²) in [5.41, 5.74) is 1.78. The Labute approximate surface area is 116 Å². The maximum Gasteiger partial charge on any atom is 0.126 e. The number of thiophene rings is 1. The number of nitrogens with one attached hydrogen (secondary N) is 1. The predicted molar refractivity (Wildman–Crippen MR) is 76.0 cm³/mol. The van der Waals surface area contributed by atoms with Crippen LogP contribution in [0.4, 0.5) is 4.39 Å². The lowest BCUT2D eigenvalue weighted by molar-refractivity contribution is 0.560. The molecule has 18 heavy (non-hydrogen) atoms. The van der Waals surface area contributed by atoms with Crippen LogP contribution >= 0.6 is 22.9 Å². The molecule has 1 atom stereocenters. The van der Waals surface area contributed by atoms with Gasteiger partial charge in [0.1, 0.15) is 5.82 Å². The summed E-state index contributed by atoms with van der Waals surface area (Å²) in [6.07, 6.45) is 0.600. The Kier molecular flexibility index (Phi) is 4.38. The van der Waals surface area contributed by atoms with Crippen molar-refractivity contribution in [3.8, 4) is 0 Å². The molecule has 0 bridgehead atoms. The molecule has 1 aromatic carbocycles. The lowest BCUT2D eigenvalue weighted by atomic mass is 10.0. The molecule has 1 aromatic heterocycles. The lowest BCUT2D eigenvalue weighted by Gasteiger charge is -2.16. The van der Waals surface area contributed by atoms with Crippen molar-refractivity contribution in [1.82, 2.24) is 5.32 Å². The molecule has 2 rings (SSSR count). The van der Waals surface area contributed by atoms with Crippen molar-refractivity contribution in [2.45, 2.75) is 19.4 Å². The second kappa shape index (κ2) is 5.83. The molecule has 1 N–H and O–H groups in total. The minimum Gasteiger partial charge on any atom is -0.312 e. The topological polar surface area (TPSA) is 12.0 Å². The van der Waals surface area contributed by atoms with Gasteiger partial charge in [0.15, 0.2) is 0 Å². The van der Waals surface area contributed by atoms with Gasteiger partial charge in [0, 0.05) is 10.9 Å². The fourth-order valence-electron chi connectivity index (χ4n) is 1.89. The van der Waals surface area contributed by atoms with Crippen LogP contribution in [0.5, 0.6) is 0 Å². The van der Waals surface area contributed by atoms with Gasteiger partial charge in [-0.2, -0.15) is 0 Å². The Balaban J connectivity index is 2.25. The standard InChI is InChI=1S/C14H15ClFNS/c1-9-8-18-14(13(9)15)12(17-2)7-10-5-3-4-6-11(10)16/h3-6,8,12,17H,7H2,1-2H3. The minimum absolute atomic E-state index is 0.0492. The molecule has 1 nitrogen and oxygen atoms in total. The molecular formula is C14H15ClFNS. The van der Waals surface area contributed by atoms with Crippen LogP contribution in [0.25, 0.3) is 0 Å². The smallest absolute Gasteiger partial charge is 0.126 e. The van der Waals surface area contributed by atoms with Gasteiger partial charge >= 0.3 is 0 Å². The Bertz CT molecular complexity index is 538. The third-order valence-corrected chi connectivity index (χ3v) is 4.80. The molecule has 0 saturated carbocycles. The Morgan fingerprint density at radius 1 is 1.39 bits per heavy atom. The van der Waals surface area contributed by atoms with E-state index in [-0.39, 0.29) is 11.9 Å². The Morgan fingerprint density at radius 2 is 2.11 bits per heavy atom. The molecule has 0 aliphatic rings. The second-order valence-corrected chi connectivity index (χ2v) is 5.52. The van der Waals surface area contributed by atoms with E-state index in [1.165, 1.54) is 6.07 Å². The zero-order chi connectivity index (χ0) is 13.1. The van der Waals surface area contributed by atoms with Gasteiger partial charge in [0.2, 0.25) is 0 Å². The van der Waals surface area contributed by atoms with E-state index < -0.39 is 0 Å². The van der Waals surface area contributed by atoms with Crippen LogP contribution in [0.3, 0.4) is 0 Å². The van der Waals surface area contributed by atoms with Gasteiger partial charge in [-0.3, -0.25) is 0 Å². The molecule has 0 fully saturated rings. The number of aryl methyl sites for hydroxylation is 1. The molecule has 96 valence electrons. The van der Waals surface area contributed by atoms with E-state index in [0.717, 1.165) is 15.5 Å². The highest BCUT2D eigenvalue weighted by atomic mass is 35.5. The number of benzene rings is 1. The molecule has 0 aliphatic carbocycles. The van der Waals surface area contributed by atoms with Crippen LogP contribution in [0, 0.1) is 12.7 Å². The molecule has 0 aliphatic heterocycles. The van der Waals surface area contributed by atoms with Gasteiger partial charge in [-0.25, -0.2) is 4.39 Å². The van der Waals surface area contributed by atoms with Gasteiger partial charge in [-0.05, 0) is 43.0 Å². The van der Waals surface area contributed by atoms with Crippen LogP contribution in [0.1, 0.15) is 22.0 Å². The molecular weight excluding hydrogens is 269 g/mol. The van der Waals surface area contributed by atoms with Crippen LogP contribution in [0.2, 0.25) is 5.02 Å². The van der Waals surface area contributed by atoms with E-state index in [4.69, 9.17) is 11.6 Å². The summed E-state index contributed by atoms with van der Waals surface area (Å²) in [6, 6.07) is 6.91. The highest BCUT2D eigenvalue weighted by Gasteiger charge is 2.18. The second-order valence-electron chi connectivity index (χ2n) is 4.23. The summed E-state index contributed by atoms with van der Waals surface area (Å²) in [5.74, 6) is -0.165. The molecule has 4 heteroatoms. The van der Waals surface area contributed by atoms with Crippen molar-refractivity contribution in [2.24, 2.45) is 0 Å². The normalized spacial score (nSPS) is 12.7. The number of halogens is 2. The van der Waals surface area contributed by atoms with E-state index in [0.29, 0.717) is 12.0 Å². The zero-order valence-corrected chi connectivity index (χ0v) is 11.9. The highest BCUT2D eigenvalue weighted by Crippen LogP contribution is 2.34. The average molecular weight is 284 g/mol. The molecule has 1 heterocycles. The number of rotatable bonds is 4. The summed E-state index contributed by atoms with van der Waals surface area (Å²) in [7, 11) is 1.87. The molecule has 1 unspecified atom stereocenters. The summed E-state index contributed by atoms with van der Waals surface area (Å²) in [4.78, 5) is 1.07. The van der Waals surface area contributed by atoms with Crippen molar-refractivity contribution >= 4 is 22.9 Å². The third-order valence-electron chi connectivity index (χ3n) is 2.97. The summed E-state index contributed by atoms with van der Waals surface area (Å²) in [6.45, 7) is 1.98. The van der Waals surface area contributed by atoms with Crippen molar-refractivity contribution in [3.05, 3.63) is 56.5 Å². The fraction of sp³-hybridized carbons (Fsp3) is 0.286. The van der Waals surface area contributed by atoms with Crippen LogP contribution in [0.15, 0.2) is 29.6 Å². The summed E-state index contributed by atoms with van der Waals surface area (Å²) < 4.78 is 13.7. The lowest BCUT2D eigenvalue weighted by Crippen LogP contribution is -2.18. The fourth-order valence-corrected chi connectivity index (χ4v) is 3.33. The molecule has 0 radical (unpaired) electrons. The molecule has 2 aromatic rings. The number of likely N-dealkylation sites (N-methyl/N-ethyl adjacent to an activating group) is 1. The van der Waals surface area contributed by atoms with Gasteiger partial charge in [-0.15, -0.1) is 11.3 Å². The van der Waals surface area contributed by atoms with Crippen molar-refractivity contribution in [3.63, 3.8) is 0 Å². The molecule has 0 saturated heterocycles. The van der Waals surface area contributed by atoms with Crippen molar-refractivity contribution < 1.29 is 4.39 Å². The Morgan fingerprint density at radius 3 is 2.67 bits per heavy atom. The highest BCUT2D eigenvalue weighted by molar-refractivity contribution is 7.10. The van der Waals surface area contributed by atoms with Gasteiger partial charge in [0.25, 0.3) is 0 Å². The first-order chi connectivity index (χ1) is 8.63. The van der Waals surface area contributed by atoms with Gasteiger partial charge in [-0.1, -0.05) is 29.8 Å². The van der Waals surface area contributed by atoms with Crippen LogP contribution in [-0.2, 0) is 6.42 Å². The van der Waals surface area contributed by atoms with E-state index in [9.17, 15) is 4.39 Å². The van der Waals surface area contributed by atoms with E-state index >= 15 is 0 Å². The minimum atomic E-state index is -0.165. The first-order valence-corrected chi connectivity index (χ1v) is 7.03. The maximum absolute atomic E-state index is 13.7. The van der Waals surface area contributed by atoms with E-state index in [1.807, 2.05) is 31.5 Å². The maximum atomic E-state index is 13.7.